The van der Waals surface area contributed by atoms with E-state index < -0.39 is 0 Å². The smallest absolute Gasteiger partial charge is 0.284 e. The topological polar surface area (TPSA) is 75.0 Å². The number of carbonyl (C=O) groups is 1. The fourth-order valence-corrected chi connectivity index (χ4v) is 2.87. The number of rotatable bonds is 3. The number of fused-ring (bicyclic) bond motifs is 1. The van der Waals surface area contributed by atoms with Crippen molar-refractivity contribution in [1.82, 2.24) is 4.98 Å². The van der Waals surface area contributed by atoms with Gasteiger partial charge in [-0.25, -0.2) is 4.98 Å². The number of carbonyl (C=O) groups excluding carboxylic acids is 1. The SMILES string of the molecule is COc1ccc2nc(C(=O)Nc3cccc(C#N)c3)sc2c1. The molecule has 1 aromatic heterocycles. The van der Waals surface area contributed by atoms with Crippen LogP contribution in [-0.2, 0) is 0 Å². The largest absolute Gasteiger partial charge is 0.497 e. The van der Waals surface area contributed by atoms with Gasteiger partial charge in [0.1, 0.15) is 5.75 Å². The molecule has 6 heteroatoms. The molecule has 3 rings (SSSR count). The van der Waals surface area contributed by atoms with Crippen molar-refractivity contribution >= 4 is 33.1 Å². The summed E-state index contributed by atoms with van der Waals surface area (Å²) in [5.41, 5.74) is 1.81. The molecule has 0 saturated heterocycles. The molecule has 108 valence electrons. The minimum atomic E-state index is -0.296. The number of hydrogen-bond acceptors (Lipinski definition) is 5. The fraction of sp³-hybridized carbons (Fsp3) is 0.0625. The van der Waals surface area contributed by atoms with E-state index >= 15 is 0 Å². The third kappa shape index (κ3) is 2.75. The molecule has 0 aliphatic heterocycles. The highest BCUT2D eigenvalue weighted by atomic mass is 32.1. The Labute approximate surface area is 130 Å². The van der Waals surface area contributed by atoms with E-state index in [4.69, 9.17) is 10.00 Å². The number of methoxy groups -OCH3 is 1. The lowest BCUT2D eigenvalue weighted by molar-refractivity contribution is 0.102. The fourth-order valence-electron chi connectivity index (χ4n) is 1.98. The van der Waals surface area contributed by atoms with Gasteiger partial charge in [0.2, 0.25) is 0 Å². The Morgan fingerprint density at radius 2 is 2.18 bits per heavy atom. The molecular formula is C16H11N3O2S. The Balaban J connectivity index is 1.87. The predicted molar refractivity (Wildman–Crippen MR) is 85.3 cm³/mol. The Morgan fingerprint density at radius 3 is 2.95 bits per heavy atom. The molecule has 0 aliphatic rings. The molecule has 22 heavy (non-hydrogen) atoms. The van der Waals surface area contributed by atoms with Crippen LogP contribution in [0.1, 0.15) is 15.4 Å². The summed E-state index contributed by atoms with van der Waals surface area (Å²) in [7, 11) is 1.60. The molecule has 2 aromatic carbocycles. The van der Waals surface area contributed by atoms with E-state index in [1.807, 2.05) is 18.2 Å². The summed E-state index contributed by atoms with van der Waals surface area (Å²) in [6.07, 6.45) is 0. The lowest BCUT2D eigenvalue weighted by Crippen LogP contribution is -2.11. The number of amides is 1. The van der Waals surface area contributed by atoms with Crippen molar-refractivity contribution in [3.05, 3.63) is 53.0 Å². The van der Waals surface area contributed by atoms with Gasteiger partial charge in [-0.2, -0.15) is 5.26 Å². The van der Waals surface area contributed by atoms with Gasteiger partial charge in [0.05, 0.1) is 29.0 Å². The monoisotopic (exact) mass is 309 g/mol. The highest BCUT2D eigenvalue weighted by Gasteiger charge is 2.13. The maximum Gasteiger partial charge on any atom is 0.284 e. The van der Waals surface area contributed by atoms with Crippen molar-refractivity contribution in [2.45, 2.75) is 0 Å². The van der Waals surface area contributed by atoms with Gasteiger partial charge in [-0.15, -0.1) is 11.3 Å². The summed E-state index contributed by atoms with van der Waals surface area (Å²) in [5, 5.41) is 12.0. The van der Waals surface area contributed by atoms with Crippen LogP contribution >= 0.6 is 11.3 Å². The molecule has 0 atom stereocenters. The maximum absolute atomic E-state index is 12.3. The summed E-state index contributed by atoms with van der Waals surface area (Å²) < 4.78 is 6.05. The minimum absolute atomic E-state index is 0.296. The van der Waals surface area contributed by atoms with Gasteiger partial charge in [0.15, 0.2) is 5.01 Å². The van der Waals surface area contributed by atoms with E-state index in [1.165, 1.54) is 11.3 Å². The predicted octanol–water partition coefficient (Wildman–Crippen LogP) is 3.43. The number of anilines is 1. The summed E-state index contributed by atoms with van der Waals surface area (Å²) in [4.78, 5) is 16.6. The van der Waals surface area contributed by atoms with E-state index in [0.717, 1.165) is 16.0 Å². The average Bonchev–Trinajstić information content (AvgIpc) is 2.98. The van der Waals surface area contributed by atoms with Gasteiger partial charge < -0.3 is 10.1 Å². The third-order valence-corrected chi connectivity index (χ3v) is 4.06. The molecule has 0 saturated carbocycles. The molecule has 0 unspecified atom stereocenters. The zero-order chi connectivity index (χ0) is 15.5. The highest BCUT2D eigenvalue weighted by Crippen LogP contribution is 2.26. The summed E-state index contributed by atoms with van der Waals surface area (Å²) in [6.45, 7) is 0. The molecule has 0 spiro atoms. The Morgan fingerprint density at radius 1 is 1.32 bits per heavy atom. The van der Waals surface area contributed by atoms with Crippen LogP contribution in [-0.4, -0.2) is 18.0 Å². The molecule has 0 aliphatic carbocycles. The minimum Gasteiger partial charge on any atom is -0.497 e. The average molecular weight is 309 g/mol. The Bertz CT molecular complexity index is 896. The second-order valence-corrected chi connectivity index (χ2v) is 5.53. The van der Waals surface area contributed by atoms with Gasteiger partial charge >= 0.3 is 0 Å². The van der Waals surface area contributed by atoms with Gasteiger partial charge in [0, 0.05) is 5.69 Å². The molecule has 0 bridgehead atoms. The van der Waals surface area contributed by atoms with Gasteiger partial charge in [-0.05, 0) is 36.4 Å². The summed E-state index contributed by atoms with van der Waals surface area (Å²) in [5.74, 6) is 0.431. The third-order valence-electron chi connectivity index (χ3n) is 3.04. The molecule has 1 amide bonds. The van der Waals surface area contributed by atoms with Crippen molar-refractivity contribution in [1.29, 1.82) is 5.26 Å². The van der Waals surface area contributed by atoms with Crippen molar-refractivity contribution in [2.24, 2.45) is 0 Å². The van der Waals surface area contributed by atoms with E-state index in [-0.39, 0.29) is 5.91 Å². The van der Waals surface area contributed by atoms with E-state index in [1.54, 1.807) is 37.4 Å². The molecule has 0 fully saturated rings. The van der Waals surface area contributed by atoms with Crippen LogP contribution in [0.4, 0.5) is 5.69 Å². The number of nitrogens with zero attached hydrogens (tertiary/aromatic N) is 2. The zero-order valence-corrected chi connectivity index (χ0v) is 12.5. The summed E-state index contributed by atoms with van der Waals surface area (Å²) in [6, 6.07) is 14.3. The zero-order valence-electron chi connectivity index (χ0n) is 11.7. The lowest BCUT2D eigenvalue weighted by Gasteiger charge is -2.02. The maximum atomic E-state index is 12.3. The van der Waals surface area contributed by atoms with Crippen LogP contribution in [0.3, 0.4) is 0 Å². The molecular weight excluding hydrogens is 298 g/mol. The van der Waals surface area contributed by atoms with Gasteiger partial charge in [0.25, 0.3) is 5.91 Å². The number of ether oxygens (including phenoxy) is 1. The quantitative estimate of drug-likeness (QED) is 0.804. The van der Waals surface area contributed by atoms with E-state index in [9.17, 15) is 4.79 Å². The first-order valence-electron chi connectivity index (χ1n) is 6.45. The Hall–Kier alpha value is -2.91. The van der Waals surface area contributed by atoms with Crippen molar-refractivity contribution in [3.8, 4) is 11.8 Å². The van der Waals surface area contributed by atoms with Crippen LogP contribution in [0.2, 0.25) is 0 Å². The van der Waals surface area contributed by atoms with Crippen molar-refractivity contribution < 1.29 is 9.53 Å². The van der Waals surface area contributed by atoms with Crippen LogP contribution in [0.25, 0.3) is 10.2 Å². The number of benzene rings is 2. The van der Waals surface area contributed by atoms with Crippen LogP contribution in [0.5, 0.6) is 5.75 Å². The first-order chi connectivity index (χ1) is 10.7. The second-order valence-electron chi connectivity index (χ2n) is 4.50. The number of thiazole rings is 1. The lowest BCUT2D eigenvalue weighted by atomic mass is 10.2. The van der Waals surface area contributed by atoms with Gasteiger partial charge in [-0.1, -0.05) is 6.07 Å². The standard InChI is InChI=1S/C16H11N3O2S/c1-21-12-5-6-13-14(8-12)22-16(19-13)15(20)18-11-4-2-3-10(7-11)9-17/h2-8H,1H3,(H,18,20). The molecule has 5 nitrogen and oxygen atoms in total. The van der Waals surface area contributed by atoms with E-state index in [2.05, 4.69) is 10.3 Å². The number of aromatic nitrogens is 1. The normalized spacial score (nSPS) is 10.2. The van der Waals surface area contributed by atoms with Gasteiger partial charge in [-0.3, -0.25) is 4.79 Å². The highest BCUT2D eigenvalue weighted by molar-refractivity contribution is 7.20. The first kappa shape index (κ1) is 14.0. The van der Waals surface area contributed by atoms with Crippen LogP contribution in [0, 0.1) is 11.3 Å². The molecule has 1 heterocycles. The van der Waals surface area contributed by atoms with Crippen molar-refractivity contribution in [3.63, 3.8) is 0 Å². The molecule has 1 N–H and O–H groups in total. The first-order valence-corrected chi connectivity index (χ1v) is 7.27. The second kappa shape index (κ2) is 5.84. The molecule has 0 radical (unpaired) electrons. The van der Waals surface area contributed by atoms with Crippen LogP contribution in [0.15, 0.2) is 42.5 Å². The molecule has 3 aromatic rings. The Kier molecular flexibility index (Phi) is 3.73. The van der Waals surface area contributed by atoms with Crippen LogP contribution < -0.4 is 10.1 Å². The number of nitriles is 1. The number of hydrogen-bond donors (Lipinski definition) is 1. The van der Waals surface area contributed by atoms with Crippen molar-refractivity contribution in [2.75, 3.05) is 12.4 Å². The number of nitrogens with one attached hydrogen (secondary N) is 1. The summed E-state index contributed by atoms with van der Waals surface area (Å²) >= 11 is 1.30. The van der Waals surface area contributed by atoms with E-state index in [0.29, 0.717) is 16.3 Å².